The van der Waals surface area contributed by atoms with Crippen LogP contribution < -0.4 is 10.4 Å². The molecule has 0 bridgehead atoms. The molecule has 1 fully saturated rings. The fraction of sp³-hybridized carbons (Fsp3) is 0.462. The zero-order valence-corrected chi connectivity index (χ0v) is 13.9. The molecule has 0 aliphatic carbocycles. The van der Waals surface area contributed by atoms with E-state index in [2.05, 4.69) is 5.43 Å². The van der Waals surface area contributed by atoms with Crippen LogP contribution in [0.4, 0.5) is 5.69 Å². The van der Waals surface area contributed by atoms with Crippen LogP contribution in [0.2, 0.25) is 10.0 Å². The van der Waals surface area contributed by atoms with Crippen LogP contribution in [0.5, 0.6) is 0 Å². The Morgan fingerprint density at radius 2 is 2.19 bits per heavy atom. The minimum atomic E-state index is -0.241. The molecule has 1 N–H and O–H groups in total. The molecule has 5 nitrogen and oxygen atoms in total. The van der Waals surface area contributed by atoms with Gasteiger partial charge in [-0.05, 0) is 26.0 Å². The molecule has 0 aromatic heterocycles. The molecule has 0 amide bonds. The van der Waals surface area contributed by atoms with Crippen LogP contribution in [-0.4, -0.2) is 29.8 Å². The van der Waals surface area contributed by atoms with Crippen molar-refractivity contribution >= 4 is 47.3 Å². The monoisotopic (exact) mass is 351 g/mol. The molecule has 1 aromatic carbocycles. The molecule has 2 heterocycles. The normalized spacial score (nSPS) is 19.7. The number of hydrazine groups is 1. The number of carbonyl (C=O) groups excluding carboxylic acids is 1. The van der Waals surface area contributed by atoms with Crippen molar-refractivity contribution in [3.8, 4) is 0 Å². The molecular formula is C13H16Cl3N3O2. The summed E-state index contributed by atoms with van der Waals surface area (Å²) in [6, 6.07) is 3.71. The first-order chi connectivity index (χ1) is 9.47. The minimum absolute atomic E-state index is 0. The second-order valence-electron chi connectivity index (χ2n) is 5.18. The first-order valence-electron chi connectivity index (χ1n) is 6.43. The van der Waals surface area contributed by atoms with Crippen LogP contribution >= 0.6 is 35.6 Å². The average Bonchev–Trinajstić information content (AvgIpc) is 3.14. The summed E-state index contributed by atoms with van der Waals surface area (Å²) < 4.78 is 5.18. The van der Waals surface area contributed by atoms with Gasteiger partial charge in [-0.15, -0.1) is 12.4 Å². The second-order valence-corrected chi connectivity index (χ2v) is 5.96. The van der Waals surface area contributed by atoms with Crippen molar-refractivity contribution in [2.24, 2.45) is 0 Å². The number of hydrogen-bond donors (Lipinski definition) is 1. The largest absolute Gasteiger partial charge is 0.462 e. The fourth-order valence-electron chi connectivity index (χ4n) is 2.39. The highest BCUT2D eigenvalue weighted by atomic mass is 35.5. The minimum Gasteiger partial charge on any atom is -0.462 e. The van der Waals surface area contributed by atoms with E-state index in [4.69, 9.17) is 27.9 Å². The van der Waals surface area contributed by atoms with Gasteiger partial charge in [0.15, 0.2) is 6.29 Å². The van der Waals surface area contributed by atoms with Gasteiger partial charge in [0.1, 0.15) is 0 Å². The number of fused-ring (bicyclic) bond motifs is 3. The molecule has 2 aliphatic rings. The molecule has 0 spiro atoms. The van der Waals surface area contributed by atoms with Crippen molar-refractivity contribution in [3.05, 3.63) is 27.7 Å². The Morgan fingerprint density at radius 1 is 1.48 bits per heavy atom. The Morgan fingerprint density at radius 3 is 2.86 bits per heavy atom. The lowest BCUT2D eigenvalue weighted by molar-refractivity contribution is -0.149. The number of halogens is 3. The maximum Gasteiger partial charge on any atom is 0.320 e. The van der Waals surface area contributed by atoms with Gasteiger partial charge >= 0.3 is 5.97 Å². The topological polar surface area (TPSA) is 54.5 Å². The molecule has 1 aromatic rings. The van der Waals surface area contributed by atoms with Crippen LogP contribution in [0.1, 0.15) is 19.4 Å². The summed E-state index contributed by atoms with van der Waals surface area (Å²) in [5.41, 5.74) is 5.13. The summed E-state index contributed by atoms with van der Waals surface area (Å²) in [6.45, 7) is 4.45. The summed E-state index contributed by atoms with van der Waals surface area (Å²) >= 11 is 12.3. The van der Waals surface area contributed by atoms with E-state index in [0.717, 1.165) is 11.3 Å². The van der Waals surface area contributed by atoms with E-state index in [9.17, 15) is 4.79 Å². The van der Waals surface area contributed by atoms with Crippen LogP contribution in [0.3, 0.4) is 0 Å². The van der Waals surface area contributed by atoms with Gasteiger partial charge in [-0.3, -0.25) is 14.7 Å². The number of rotatable bonds is 3. The lowest BCUT2D eigenvalue weighted by atomic mass is 10.1. The lowest BCUT2D eigenvalue weighted by Gasteiger charge is -2.27. The lowest BCUT2D eigenvalue weighted by Crippen LogP contribution is -2.38. The molecule has 3 rings (SSSR count). The highest BCUT2D eigenvalue weighted by molar-refractivity contribution is 6.42. The van der Waals surface area contributed by atoms with E-state index in [1.807, 2.05) is 29.8 Å². The molecule has 8 heteroatoms. The van der Waals surface area contributed by atoms with Gasteiger partial charge in [-0.1, -0.05) is 23.2 Å². The summed E-state index contributed by atoms with van der Waals surface area (Å²) in [7, 11) is 0. The van der Waals surface area contributed by atoms with Gasteiger partial charge in [0.2, 0.25) is 0 Å². The molecule has 21 heavy (non-hydrogen) atoms. The molecule has 2 aliphatic heterocycles. The van der Waals surface area contributed by atoms with Gasteiger partial charge in [-0.25, -0.2) is 0 Å². The van der Waals surface area contributed by atoms with E-state index in [1.54, 1.807) is 6.07 Å². The summed E-state index contributed by atoms with van der Waals surface area (Å²) in [4.78, 5) is 13.7. The summed E-state index contributed by atoms with van der Waals surface area (Å²) in [5.74, 6) is -0.241. The molecule has 0 saturated carbocycles. The molecule has 0 radical (unpaired) electrons. The highest BCUT2D eigenvalue weighted by Crippen LogP contribution is 2.41. The zero-order chi connectivity index (χ0) is 14.4. The summed E-state index contributed by atoms with van der Waals surface area (Å²) in [6.07, 6.45) is -0.0830. The second kappa shape index (κ2) is 6.18. The Balaban J connectivity index is 0.00000161. The number of nitrogens with zero attached hydrogens (tertiary/aromatic N) is 2. The maximum atomic E-state index is 11.8. The Hall–Kier alpha value is -0.720. The first kappa shape index (κ1) is 16.6. The average molecular weight is 353 g/mol. The standard InChI is InChI=1S/C13H15Cl2N3O2.ClH/c1-7(2)20-11(19)6-17-5-8-10(18-13(17)16-18)4-3-9(14)12(8)15;/h3-4,7,13,16H,5-6H2,1-2H3;1H. The smallest absolute Gasteiger partial charge is 0.320 e. The number of carbonyl (C=O) groups is 1. The Kier molecular flexibility index (Phi) is 4.90. The third-order valence-corrected chi connectivity index (χ3v) is 4.11. The van der Waals surface area contributed by atoms with Crippen LogP contribution in [-0.2, 0) is 16.1 Å². The fourth-order valence-corrected chi connectivity index (χ4v) is 2.79. The summed E-state index contributed by atoms with van der Waals surface area (Å²) in [5, 5.41) is 3.03. The number of benzene rings is 1. The molecular weight excluding hydrogens is 337 g/mol. The van der Waals surface area contributed by atoms with Crippen molar-refractivity contribution in [3.63, 3.8) is 0 Å². The number of nitrogens with one attached hydrogen (secondary N) is 1. The van der Waals surface area contributed by atoms with Crippen LogP contribution in [0.15, 0.2) is 12.1 Å². The van der Waals surface area contributed by atoms with Crippen molar-refractivity contribution in [2.45, 2.75) is 32.8 Å². The number of hydrogen-bond acceptors (Lipinski definition) is 5. The molecule has 1 saturated heterocycles. The van der Waals surface area contributed by atoms with Gasteiger partial charge in [0, 0.05) is 12.1 Å². The van der Waals surface area contributed by atoms with Crippen molar-refractivity contribution in [2.75, 3.05) is 11.6 Å². The number of esters is 1. The van der Waals surface area contributed by atoms with Gasteiger partial charge < -0.3 is 4.74 Å². The molecule has 1 atom stereocenters. The van der Waals surface area contributed by atoms with E-state index < -0.39 is 0 Å². The van der Waals surface area contributed by atoms with Crippen molar-refractivity contribution < 1.29 is 9.53 Å². The zero-order valence-electron chi connectivity index (χ0n) is 11.6. The van der Waals surface area contributed by atoms with E-state index >= 15 is 0 Å². The van der Waals surface area contributed by atoms with Gasteiger partial charge in [0.25, 0.3) is 0 Å². The van der Waals surface area contributed by atoms with Crippen molar-refractivity contribution in [1.82, 2.24) is 10.3 Å². The Labute approximate surface area is 139 Å². The van der Waals surface area contributed by atoms with E-state index in [1.165, 1.54) is 0 Å². The van der Waals surface area contributed by atoms with Crippen molar-refractivity contribution in [1.29, 1.82) is 0 Å². The Bertz CT molecular complexity index is 568. The quantitative estimate of drug-likeness (QED) is 0.669. The first-order valence-corrected chi connectivity index (χ1v) is 7.19. The van der Waals surface area contributed by atoms with Gasteiger partial charge in [-0.2, -0.15) is 5.43 Å². The van der Waals surface area contributed by atoms with E-state index in [0.29, 0.717) is 16.6 Å². The predicted octanol–water partition coefficient (Wildman–Crippen LogP) is 2.79. The SMILES string of the molecule is CC(C)OC(=O)CN1Cc2c(ccc(Cl)c2Cl)N2NC12.Cl. The molecule has 1 unspecified atom stereocenters. The maximum absolute atomic E-state index is 11.8. The van der Waals surface area contributed by atoms with Crippen LogP contribution in [0, 0.1) is 0 Å². The van der Waals surface area contributed by atoms with E-state index in [-0.39, 0.29) is 37.3 Å². The third kappa shape index (κ3) is 3.22. The third-order valence-electron chi connectivity index (χ3n) is 3.27. The van der Waals surface area contributed by atoms with Crippen LogP contribution in [0.25, 0.3) is 0 Å². The predicted molar refractivity (Wildman–Crippen MR) is 84.8 cm³/mol. The molecule has 116 valence electrons. The number of anilines is 1. The number of ether oxygens (including phenoxy) is 1. The van der Waals surface area contributed by atoms with Gasteiger partial charge in [0.05, 0.1) is 28.4 Å². The highest BCUT2D eigenvalue weighted by Gasteiger charge is 2.45.